The van der Waals surface area contributed by atoms with Gasteiger partial charge in [-0.05, 0) is 12.8 Å². The van der Waals surface area contributed by atoms with E-state index in [9.17, 15) is 4.79 Å². The van der Waals surface area contributed by atoms with Crippen molar-refractivity contribution in [2.24, 2.45) is 5.73 Å². The van der Waals surface area contributed by atoms with Crippen LogP contribution in [0.2, 0.25) is 0 Å². The van der Waals surface area contributed by atoms with E-state index in [0.717, 1.165) is 12.8 Å². The molecule has 0 aromatic rings. The average molecular weight is 144 g/mol. The predicted octanol–water partition coefficient (Wildman–Crippen LogP) is -1.41. The van der Waals surface area contributed by atoms with Crippen LogP contribution in [-0.2, 0) is 4.79 Å². The second-order valence-electron chi connectivity index (χ2n) is 2.76. The molecule has 0 unspecified atom stereocenters. The van der Waals surface area contributed by atoms with Gasteiger partial charge in [0.25, 0.3) is 0 Å². The monoisotopic (exact) mass is 144 g/mol. The number of carbonyl (C=O) groups is 1. The minimum atomic E-state index is -0.375. The van der Waals surface area contributed by atoms with Gasteiger partial charge in [0, 0.05) is 5.54 Å². The van der Waals surface area contributed by atoms with Crippen LogP contribution in [0.25, 0.3) is 0 Å². The van der Waals surface area contributed by atoms with E-state index in [1.807, 2.05) is 0 Å². The fourth-order valence-corrected chi connectivity index (χ4v) is 0.816. The van der Waals surface area contributed by atoms with Gasteiger partial charge in [-0.1, -0.05) is 0 Å². The van der Waals surface area contributed by atoms with E-state index in [2.05, 4.69) is 5.32 Å². The summed E-state index contributed by atoms with van der Waals surface area (Å²) in [6.45, 7) is 0.265. The summed E-state index contributed by atoms with van der Waals surface area (Å²) in [6, 6.07) is 0. The van der Waals surface area contributed by atoms with Crippen LogP contribution < -0.4 is 11.1 Å². The zero-order chi connectivity index (χ0) is 7.61. The van der Waals surface area contributed by atoms with E-state index in [-0.39, 0.29) is 24.6 Å². The zero-order valence-corrected chi connectivity index (χ0v) is 5.76. The molecule has 0 spiro atoms. The summed E-state index contributed by atoms with van der Waals surface area (Å²) in [5.74, 6) is -0.375. The lowest BCUT2D eigenvalue weighted by atomic mass is 10.3. The van der Waals surface area contributed by atoms with Crippen molar-refractivity contribution in [3.8, 4) is 0 Å². The van der Waals surface area contributed by atoms with E-state index in [1.54, 1.807) is 0 Å². The Kier molecular flexibility index (Phi) is 1.92. The predicted molar refractivity (Wildman–Crippen MR) is 36.2 cm³/mol. The second kappa shape index (κ2) is 2.56. The van der Waals surface area contributed by atoms with Crippen LogP contribution in [0, 0.1) is 0 Å². The van der Waals surface area contributed by atoms with Gasteiger partial charge in [0.15, 0.2) is 0 Å². The largest absolute Gasteiger partial charge is 0.394 e. The van der Waals surface area contributed by atoms with Crippen molar-refractivity contribution in [2.75, 3.05) is 13.2 Å². The Bertz CT molecular complexity index is 143. The number of primary amides is 1. The van der Waals surface area contributed by atoms with Gasteiger partial charge in [-0.2, -0.15) is 0 Å². The van der Waals surface area contributed by atoms with Crippen molar-refractivity contribution < 1.29 is 9.90 Å². The van der Waals surface area contributed by atoms with Gasteiger partial charge in [-0.3, -0.25) is 4.79 Å². The molecule has 0 saturated heterocycles. The highest BCUT2D eigenvalue weighted by Crippen LogP contribution is 2.34. The molecule has 0 bridgehead atoms. The lowest BCUT2D eigenvalue weighted by Gasteiger charge is -2.11. The van der Waals surface area contributed by atoms with Gasteiger partial charge in [-0.25, -0.2) is 0 Å². The number of amides is 1. The van der Waals surface area contributed by atoms with Crippen molar-refractivity contribution in [3.05, 3.63) is 0 Å². The van der Waals surface area contributed by atoms with E-state index in [4.69, 9.17) is 10.8 Å². The molecule has 1 fully saturated rings. The molecule has 1 aliphatic carbocycles. The fourth-order valence-electron chi connectivity index (χ4n) is 0.816. The number of nitrogens with one attached hydrogen (secondary N) is 1. The highest BCUT2D eigenvalue weighted by Gasteiger charge is 2.41. The number of nitrogens with two attached hydrogens (primary N) is 1. The highest BCUT2D eigenvalue weighted by molar-refractivity contribution is 5.76. The quantitative estimate of drug-likeness (QED) is 0.453. The average Bonchev–Trinajstić information content (AvgIpc) is 2.64. The Hall–Kier alpha value is -0.610. The molecule has 4 nitrogen and oxygen atoms in total. The molecule has 58 valence electrons. The molecule has 0 heterocycles. The lowest BCUT2D eigenvalue weighted by Crippen LogP contribution is -2.40. The molecule has 4 heteroatoms. The van der Waals surface area contributed by atoms with Crippen LogP contribution in [0.5, 0.6) is 0 Å². The highest BCUT2D eigenvalue weighted by atomic mass is 16.3. The molecular formula is C6H12N2O2. The summed E-state index contributed by atoms with van der Waals surface area (Å²) in [5.41, 5.74) is 4.73. The van der Waals surface area contributed by atoms with Crippen molar-refractivity contribution >= 4 is 5.91 Å². The Balaban J connectivity index is 2.19. The first kappa shape index (κ1) is 7.50. The normalized spacial score (nSPS) is 20.5. The van der Waals surface area contributed by atoms with Crippen LogP contribution in [-0.4, -0.2) is 29.7 Å². The maximum atomic E-state index is 10.3. The number of aliphatic hydroxyl groups excluding tert-OH is 1. The number of hydrogen-bond acceptors (Lipinski definition) is 3. The molecule has 1 aliphatic rings. The summed E-state index contributed by atoms with van der Waals surface area (Å²) in [7, 11) is 0. The van der Waals surface area contributed by atoms with Crippen LogP contribution in [0.15, 0.2) is 0 Å². The Morgan fingerprint density at radius 3 is 2.60 bits per heavy atom. The maximum absolute atomic E-state index is 10.3. The van der Waals surface area contributed by atoms with Crippen LogP contribution in [0.4, 0.5) is 0 Å². The summed E-state index contributed by atoms with van der Waals surface area (Å²) < 4.78 is 0. The molecule has 0 aromatic heterocycles. The topological polar surface area (TPSA) is 75.4 Å². The van der Waals surface area contributed by atoms with Crippen molar-refractivity contribution in [1.29, 1.82) is 0 Å². The molecule has 1 amide bonds. The van der Waals surface area contributed by atoms with Gasteiger partial charge in [0.2, 0.25) is 5.91 Å². The zero-order valence-electron chi connectivity index (χ0n) is 5.76. The Labute approximate surface area is 59.4 Å². The van der Waals surface area contributed by atoms with Crippen LogP contribution in [0.3, 0.4) is 0 Å². The van der Waals surface area contributed by atoms with Gasteiger partial charge < -0.3 is 16.2 Å². The standard InChI is InChI=1S/C6H12N2O2/c7-5(10)3-8-6(4-9)1-2-6/h8-9H,1-4H2,(H2,7,10). The number of aliphatic hydroxyl groups is 1. The number of hydrogen-bond donors (Lipinski definition) is 3. The van der Waals surface area contributed by atoms with Crippen molar-refractivity contribution in [2.45, 2.75) is 18.4 Å². The number of carbonyl (C=O) groups excluding carboxylic acids is 1. The maximum Gasteiger partial charge on any atom is 0.231 e. The first-order chi connectivity index (χ1) is 4.68. The first-order valence-corrected chi connectivity index (χ1v) is 3.33. The van der Waals surface area contributed by atoms with E-state index in [1.165, 1.54) is 0 Å². The van der Waals surface area contributed by atoms with Gasteiger partial charge in [0.1, 0.15) is 0 Å². The molecular weight excluding hydrogens is 132 g/mol. The van der Waals surface area contributed by atoms with Gasteiger partial charge >= 0.3 is 0 Å². The smallest absolute Gasteiger partial charge is 0.231 e. The third-order valence-corrected chi connectivity index (χ3v) is 1.79. The van der Waals surface area contributed by atoms with Gasteiger partial charge in [0.05, 0.1) is 13.2 Å². The van der Waals surface area contributed by atoms with Crippen molar-refractivity contribution in [1.82, 2.24) is 5.32 Å². The van der Waals surface area contributed by atoms with Crippen LogP contribution >= 0.6 is 0 Å². The molecule has 1 saturated carbocycles. The van der Waals surface area contributed by atoms with E-state index < -0.39 is 0 Å². The molecule has 0 aromatic carbocycles. The molecule has 0 aliphatic heterocycles. The molecule has 10 heavy (non-hydrogen) atoms. The molecule has 0 atom stereocenters. The minimum absolute atomic E-state index is 0.0975. The summed E-state index contributed by atoms with van der Waals surface area (Å²) in [6.07, 6.45) is 1.88. The third-order valence-electron chi connectivity index (χ3n) is 1.79. The van der Waals surface area contributed by atoms with E-state index in [0.29, 0.717) is 0 Å². The van der Waals surface area contributed by atoms with Crippen LogP contribution in [0.1, 0.15) is 12.8 Å². The second-order valence-corrected chi connectivity index (χ2v) is 2.76. The fraction of sp³-hybridized carbons (Fsp3) is 0.833. The summed E-state index contributed by atoms with van der Waals surface area (Å²) >= 11 is 0. The summed E-state index contributed by atoms with van der Waals surface area (Å²) in [5, 5.41) is 11.6. The lowest BCUT2D eigenvalue weighted by molar-refractivity contribution is -0.117. The van der Waals surface area contributed by atoms with Gasteiger partial charge in [-0.15, -0.1) is 0 Å². The molecule has 1 rings (SSSR count). The minimum Gasteiger partial charge on any atom is -0.394 e. The van der Waals surface area contributed by atoms with Crippen molar-refractivity contribution in [3.63, 3.8) is 0 Å². The molecule has 0 radical (unpaired) electrons. The Morgan fingerprint density at radius 1 is 1.70 bits per heavy atom. The summed E-state index contributed by atoms with van der Waals surface area (Å²) in [4.78, 5) is 10.3. The SMILES string of the molecule is NC(=O)CNC1(CO)CC1. The van der Waals surface area contributed by atoms with E-state index >= 15 is 0 Å². The third kappa shape index (κ3) is 1.68. The number of rotatable bonds is 4. The first-order valence-electron chi connectivity index (χ1n) is 3.33. The molecule has 4 N–H and O–H groups in total. The Morgan fingerprint density at radius 2 is 2.30 bits per heavy atom.